The van der Waals surface area contributed by atoms with Crippen LogP contribution in [-0.4, -0.2) is 69.8 Å². The lowest BCUT2D eigenvalue weighted by Crippen LogP contribution is -2.45. The van der Waals surface area contributed by atoms with Crippen LogP contribution in [0.4, 0.5) is 11.4 Å². The number of para-hydroxylation sites is 1. The van der Waals surface area contributed by atoms with Gasteiger partial charge in [-0.3, -0.25) is 14.3 Å². The van der Waals surface area contributed by atoms with Crippen LogP contribution in [0, 0.1) is 5.41 Å². The summed E-state index contributed by atoms with van der Waals surface area (Å²) in [5.74, 6) is -3.40. The van der Waals surface area contributed by atoms with Crippen LogP contribution in [-0.2, 0) is 29.8 Å². The van der Waals surface area contributed by atoms with E-state index in [1.807, 2.05) is 24.3 Å². The van der Waals surface area contributed by atoms with Gasteiger partial charge in [0.05, 0.1) is 40.9 Å². The molecule has 0 aliphatic carbocycles. The first kappa shape index (κ1) is 40.6. The Morgan fingerprint density at radius 3 is 2.16 bits per heavy atom. The Morgan fingerprint density at radius 1 is 0.902 bits per heavy atom. The third-order valence-corrected chi connectivity index (χ3v) is 8.73. The highest BCUT2D eigenvalue weighted by Crippen LogP contribution is 2.35. The van der Waals surface area contributed by atoms with Gasteiger partial charge in [0.15, 0.2) is 5.78 Å². The molecule has 15 heteroatoms. The average Bonchev–Trinajstić information content (AvgIpc) is 3.04. The number of hydrogen-bond donors (Lipinski definition) is 3. The van der Waals surface area contributed by atoms with E-state index < -0.39 is 45.2 Å². The summed E-state index contributed by atoms with van der Waals surface area (Å²) in [5.41, 5.74) is -0.874. The van der Waals surface area contributed by atoms with Crippen molar-refractivity contribution in [2.45, 2.75) is 59.5 Å². The molecule has 0 aliphatic heterocycles. The largest absolute Gasteiger partial charge is 0.495 e. The number of benzene rings is 3. The number of ether oxygens (including phenoxy) is 4. The Hall–Kier alpha value is -4.82. The van der Waals surface area contributed by atoms with Gasteiger partial charge in [0.1, 0.15) is 30.5 Å². The number of esters is 1. The zero-order valence-corrected chi connectivity index (χ0v) is 31.3. The molecule has 1 unspecified atom stereocenters. The quantitative estimate of drug-likeness (QED) is 0.0844. The molecule has 3 N–H and O–H groups in total. The van der Waals surface area contributed by atoms with Crippen molar-refractivity contribution < 1.29 is 51.6 Å². The lowest BCUT2D eigenvalue weighted by atomic mass is 9.82. The molecule has 276 valence electrons. The second kappa shape index (κ2) is 16.5. The van der Waals surface area contributed by atoms with Gasteiger partial charge in [-0.05, 0) is 53.8 Å². The maximum atomic E-state index is 13.7. The summed E-state index contributed by atoms with van der Waals surface area (Å²) in [7, 11) is -2.64. The van der Waals surface area contributed by atoms with Gasteiger partial charge in [-0.1, -0.05) is 71.3 Å². The Kier molecular flexibility index (Phi) is 13.1. The van der Waals surface area contributed by atoms with Crippen molar-refractivity contribution in [3.63, 3.8) is 0 Å². The zero-order chi connectivity index (χ0) is 38.3. The number of carboxylic acids is 1. The minimum absolute atomic E-state index is 0.00104. The molecule has 0 saturated carbocycles. The lowest BCUT2D eigenvalue weighted by Gasteiger charge is -2.26. The number of carboxylic acid groups (broad SMARTS) is 1. The first-order valence-electron chi connectivity index (χ1n) is 15.8. The van der Waals surface area contributed by atoms with Gasteiger partial charge in [-0.25, -0.2) is 18.0 Å². The van der Waals surface area contributed by atoms with Crippen molar-refractivity contribution >= 4 is 56.6 Å². The standard InChI is InChI=1S/C36H43ClN2O11S/c1-9-36(5,6)23-12-10-11-13-27(23)48-16-17-49-34(44)22-19-29(47-7)25(20-24(22)37)38-32(41)30(31(40)35(2,3)4)50-28-15-14-21(33(42)43)18-26(28)39-51(8,45)46/h10-15,18-20,30,39H,9,16-17H2,1-8H3,(H,38,41)(H,42,43). The summed E-state index contributed by atoms with van der Waals surface area (Å²) in [6.07, 6.45) is -0.125. The average molecular weight is 747 g/mol. The van der Waals surface area contributed by atoms with Crippen LogP contribution >= 0.6 is 11.6 Å². The van der Waals surface area contributed by atoms with Crippen molar-refractivity contribution in [1.82, 2.24) is 0 Å². The fourth-order valence-electron chi connectivity index (χ4n) is 4.67. The van der Waals surface area contributed by atoms with E-state index in [-0.39, 0.29) is 57.7 Å². The molecule has 1 atom stereocenters. The van der Waals surface area contributed by atoms with Crippen molar-refractivity contribution in [2.24, 2.45) is 5.41 Å². The molecule has 0 heterocycles. The summed E-state index contributed by atoms with van der Waals surface area (Å²) in [4.78, 5) is 51.7. The van der Waals surface area contributed by atoms with Crippen molar-refractivity contribution in [2.75, 3.05) is 36.6 Å². The molecular formula is C36H43ClN2O11S. The van der Waals surface area contributed by atoms with Crippen LogP contribution in [0.5, 0.6) is 17.2 Å². The molecule has 0 saturated heterocycles. The first-order valence-corrected chi connectivity index (χ1v) is 18.1. The predicted molar refractivity (Wildman–Crippen MR) is 193 cm³/mol. The van der Waals surface area contributed by atoms with Crippen molar-refractivity contribution in [3.8, 4) is 17.2 Å². The molecule has 0 spiro atoms. The van der Waals surface area contributed by atoms with Gasteiger partial charge in [0.2, 0.25) is 16.1 Å². The smallest absolute Gasteiger partial charge is 0.339 e. The number of aromatic carboxylic acids is 1. The number of carbonyl (C=O) groups excluding carboxylic acids is 3. The fraction of sp³-hybridized carbons (Fsp3) is 0.389. The number of halogens is 1. The maximum Gasteiger partial charge on any atom is 0.339 e. The molecule has 1 amide bonds. The molecular weight excluding hydrogens is 704 g/mol. The number of carbonyl (C=O) groups is 4. The SMILES string of the molecule is CCC(C)(C)c1ccccc1OCCOC(=O)c1cc(OC)c(NC(=O)C(Oc2ccc(C(=O)O)cc2NS(C)(=O)=O)C(=O)C(C)(C)C)cc1Cl. The molecule has 3 rings (SSSR count). The number of methoxy groups -OCH3 is 1. The van der Waals surface area contributed by atoms with Crippen molar-refractivity contribution in [3.05, 3.63) is 76.3 Å². The summed E-state index contributed by atoms with van der Waals surface area (Å²) in [6, 6.07) is 13.4. The molecule has 0 radical (unpaired) electrons. The highest BCUT2D eigenvalue weighted by Gasteiger charge is 2.38. The van der Waals surface area contributed by atoms with E-state index in [4.69, 9.17) is 30.5 Å². The van der Waals surface area contributed by atoms with E-state index in [0.717, 1.165) is 36.4 Å². The molecule has 3 aromatic carbocycles. The molecule has 0 bridgehead atoms. The van der Waals surface area contributed by atoms with Crippen LogP contribution < -0.4 is 24.2 Å². The Labute approximate surface area is 302 Å². The molecule has 3 aromatic rings. The zero-order valence-electron chi connectivity index (χ0n) is 29.7. The van der Waals surface area contributed by atoms with Crippen LogP contribution in [0.2, 0.25) is 5.02 Å². The van der Waals surface area contributed by atoms with Crippen molar-refractivity contribution in [1.29, 1.82) is 0 Å². The number of ketones is 1. The maximum absolute atomic E-state index is 13.7. The first-order chi connectivity index (χ1) is 23.7. The molecule has 0 aliphatic rings. The van der Waals surface area contributed by atoms with E-state index in [0.29, 0.717) is 5.75 Å². The number of nitrogens with one attached hydrogen (secondary N) is 2. The summed E-state index contributed by atoms with van der Waals surface area (Å²) in [5, 5.41) is 11.8. The number of amides is 1. The van der Waals surface area contributed by atoms with Gasteiger partial charge in [0.25, 0.3) is 5.91 Å². The summed E-state index contributed by atoms with van der Waals surface area (Å²) >= 11 is 6.45. The van der Waals surface area contributed by atoms with Crippen LogP contribution in [0.15, 0.2) is 54.6 Å². The van der Waals surface area contributed by atoms with E-state index in [9.17, 15) is 32.7 Å². The van der Waals surface area contributed by atoms with E-state index >= 15 is 0 Å². The predicted octanol–water partition coefficient (Wildman–Crippen LogP) is 6.34. The summed E-state index contributed by atoms with van der Waals surface area (Å²) in [6.45, 7) is 11.0. The lowest BCUT2D eigenvalue weighted by molar-refractivity contribution is -0.140. The van der Waals surface area contributed by atoms with Gasteiger partial charge in [-0.15, -0.1) is 0 Å². The fourth-order valence-corrected chi connectivity index (χ4v) is 5.47. The van der Waals surface area contributed by atoms with E-state index in [2.05, 4.69) is 30.8 Å². The van der Waals surface area contributed by atoms with Gasteiger partial charge in [-0.2, -0.15) is 0 Å². The summed E-state index contributed by atoms with van der Waals surface area (Å²) < 4.78 is 48.7. The number of anilines is 2. The van der Waals surface area contributed by atoms with E-state index in [1.165, 1.54) is 19.2 Å². The number of sulfonamides is 1. The minimum atomic E-state index is -3.93. The second-order valence-corrected chi connectivity index (χ2v) is 15.4. The second-order valence-electron chi connectivity index (χ2n) is 13.2. The topological polar surface area (TPSA) is 184 Å². The highest BCUT2D eigenvalue weighted by molar-refractivity contribution is 7.92. The normalized spacial score (nSPS) is 12.3. The molecule has 51 heavy (non-hydrogen) atoms. The van der Waals surface area contributed by atoms with Gasteiger partial charge in [0, 0.05) is 5.41 Å². The van der Waals surface area contributed by atoms with Crippen LogP contribution in [0.1, 0.15) is 74.2 Å². The number of hydrogen-bond acceptors (Lipinski definition) is 10. The number of rotatable bonds is 16. The monoisotopic (exact) mass is 746 g/mol. The Balaban J connectivity index is 1.83. The Morgan fingerprint density at radius 2 is 1.57 bits per heavy atom. The third kappa shape index (κ3) is 10.8. The highest BCUT2D eigenvalue weighted by atomic mass is 35.5. The minimum Gasteiger partial charge on any atom is -0.495 e. The van der Waals surface area contributed by atoms with Gasteiger partial charge >= 0.3 is 11.9 Å². The Bertz CT molecular complexity index is 1900. The third-order valence-electron chi connectivity index (χ3n) is 7.82. The van der Waals surface area contributed by atoms with Gasteiger partial charge < -0.3 is 29.4 Å². The molecule has 13 nitrogen and oxygen atoms in total. The molecule has 0 aromatic heterocycles. The molecule has 0 fully saturated rings. The van der Waals surface area contributed by atoms with Crippen LogP contribution in [0.3, 0.4) is 0 Å². The van der Waals surface area contributed by atoms with E-state index in [1.54, 1.807) is 20.8 Å². The van der Waals surface area contributed by atoms with Crippen LogP contribution in [0.25, 0.3) is 0 Å². The number of Topliss-reactive ketones (excluding diaryl/α,β-unsaturated/α-hetero) is 1.